The van der Waals surface area contributed by atoms with E-state index in [9.17, 15) is 18.8 Å². The van der Waals surface area contributed by atoms with Crippen LogP contribution in [0.1, 0.15) is 42.9 Å². The minimum Gasteiger partial charge on any atom is -0.619 e. The molecule has 1 aliphatic heterocycles. The van der Waals surface area contributed by atoms with Gasteiger partial charge in [0.25, 0.3) is 0 Å². The number of carbonyl (C=O) groups is 1. The largest absolute Gasteiger partial charge is 0.619 e. The third kappa shape index (κ3) is 6.40. The fourth-order valence-electron chi connectivity index (χ4n) is 3.77. The van der Waals surface area contributed by atoms with Crippen molar-refractivity contribution in [3.05, 3.63) is 57.0 Å². The van der Waals surface area contributed by atoms with Crippen molar-refractivity contribution in [2.75, 3.05) is 13.2 Å². The van der Waals surface area contributed by atoms with E-state index < -0.39 is 24.7 Å². The molecule has 2 aliphatic rings. The molecular formula is C23H24Cl2F2N2O5. The van der Waals surface area contributed by atoms with Gasteiger partial charge in [-0.2, -0.15) is 13.5 Å². The molecule has 0 unspecified atom stereocenters. The van der Waals surface area contributed by atoms with E-state index in [2.05, 4.69) is 10.1 Å². The smallest absolute Gasteiger partial charge is 0.387 e. The number of rotatable bonds is 10. The Bertz CT molecular complexity index is 1010. The first-order chi connectivity index (χ1) is 16.3. The Kier molecular flexibility index (Phi) is 7.95. The monoisotopic (exact) mass is 516 g/mol. The van der Waals surface area contributed by atoms with E-state index in [1.54, 1.807) is 0 Å². The molecule has 2 heterocycles. The fraction of sp³-hybridized carbons (Fsp3) is 0.478. The minimum absolute atomic E-state index is 0.0636. The highest BCUT2D eigenvalue weighted by Gasteiger charge is 2.30. The quantitative estimate of drug-likeness (QED) is 0.282. The highest BCUT2D eigenvalue weighted by molar-refractivity contribution is 6.35. The summed E-state index contributed by atoms with van der Waals surface area (Å²) >= 11 is 12.5. The predicted molar refractivity (Wildman–Crippen MR) is 120 cm³/mol. The Morgan fingerprint density at radius 2 is 1.91 bits per heavy atom. The molecule has 4 rings (SSSR count). The van der Waals surface area contributed by atoms with Crippen molar-refractivity contribution in [1.29, 1.82) is 0 Å². The van der Waals surface area contributed by atoms with E-state index in [1.807, 2.05) is 0 Å². The summed E-state index contributed by atoms with van der Waals surface area (Å²) in [5, 5.41) is 15.0. The lowest BCUT2D eigenvalue weighted by Gasteiger charge is -2.23. The summed E-state index contributed by atoms with van der Waals surface area (Å²) in [6.07, 6.45) is 5.04. The lowest BCUT2D eigenvalue weighted by Crippen LogP contribution is -2.33. The highest BCUT2D eigenvalue weighted by Crippen LogP contribution is 2.38. The van der Waals surface area contributed by atoms with Crippen LogP contribution in [0.2, 0.25) is 10.0 Å². The van der Waals surface area contributed by atoms with Crippen molar-refractivity contribution >= 4 is 29.2 Å². The van der Waals surface area contributed by atoms with Gasteiger partial charge in [0.2, 0.25) is 0 Å². The van der Waals surface area contributed by atoms with Gasteiger partial charge >= 0.3 is 12.6 Å². The van der Waals surface area contributed by atoms with Gasteiger partial charge in [0.15, 0.2) is 23.9 Å². The number of esters is 1. The number of alkyl halides is 2. The number of hydrogen-bond donors (Lipinski definition) is 1. The molecule has 11 heteroatoms. The molecule has 2 atom stereocenters. The van der Waals surface area contributed by atoms with Crippen LogP contribution in [-0.4, -0.2) is 31.8 Å². The number of aromatic nitrogens is 1. The summed E-state index contributed by atoms with van der Waals surface area (Å²) in [5.74, 6) is -0.0405. The second-order valence-corrected chi connectivity index (χ2v) is 9.22. The fourth-order valence-corrected chi connectivity index (χ4v) is 4.37. The number of pyridine rings is 1. The third-order valence-electron chi connectivity index (χ3n) is 5.78. The summed E-state index contributed by atoms with van der Waals surface area (Å²) < 4.78 is 42.5. The number of halogens is 4. The van der Waals surface area contributed by atoms with Crippen LogP contribution in [0.3, 0.4) is 0 Å². The van der Waals surface area contributed by atoms with Crippen LogP contribution in [0.5, 0.6) is 11.5 Å². The van der Waals surface area contributed by atoms with Gasteiger partial charge in [-0.05, 0) is 55.8 Å². The number of benzene rings is 1. The second-order valence-electron chi connectivity index (χ2n) is 8.41. The molecule has 1 saturated carbocycles. The highest BCUT2D eigenvalue weighted by atomic mass is 35.5. The molecule has 7 nitrogen and oxygen atoms in total. The molecule has 1 aromatic heterocycles. The summed E-state index contributed by atoms with van der Waals surface area (Å²) in [6, 6.07) is 3.97. The Hall–Kier alpha value is -2.36. The van der Waals surface area contributed by atoms with Gasteiger partial charge in [-0.3, -0.25) is 4.79 Å². The Morgan fingerprint density at radius 3 is 2.53 bits per heavy atom. The zero-order chi connectivity index (χ0) is 24.2. The van der Waals surface area contributed by atoms with Crippen LogP contribution in [0, 0.1) is 11.1 Å². The molecule has 2 fully saturated rings. The van der Waals surface area contributed by atoms with E-state index in [0.29, 0.717) is 41.3 Å². The molecule has 0 radical (unpaired) electrons. The summed E-state index contributed by atoms with van der Waals surface area (Å²) in [5.41, 5.74) is 0.908. The van der Waals surface area contributed by atoms with Gasteiger partial charge < -0.3 is 24.7 Å². The SMILES string of the molecule is O=C(O[C@H](Cc1c(Cl)c[n+]([O-])cc1Cl)c1ccc(OC(F)F)c(OCC2CC2)c1)[C@H]1CCCN1. The molecule has 0 bridgehead atoms. The minimum atomic E-state index is -3.02. The van der Waals surface area contributed by atoms with Gasteiger partial charge in [-0.1, -0.05) is 29.3 Å². The van der Waals surface area contributed by atoms with E-state index in [-0.39, 0.29) is 28.0 Å². The van der Waals surface area contributed by atoms with Crippen molar-refractivity contribution in [2.24, 2.45) is 5.92 Å². The number of nitrogens with zero attached hydrogens (tertiary/aromatic N) is 1. The Morgan fingerprint density at radius 1 is 1.18 bits per heavy atom. The maximum absolute atomic E-state index is 12.9. The van der Waals surface area contributed by atoms with E-state index in [4.69, 9.17) is 32.7 Å². The molecule has 2 aromatic rings. The number of hydrogen-bond acceptors (Lipinski definition) is 6. The lowest BCUT2D eigenvalue weighted by molar-refractivity contribution is -0.605. The first-order valence-corrected chi connectivity index (χ1v) is 11.8. The van der Waals surface area contributed by atoms with Crippen LogP contribution >= 0.6 is 23.2 Å². The maximum Gasteiger partial charge on any atom is 0.387 e. The second kappa shape index (κ2) is 10.9. The number of nitrogens with one attached hydrogen (secondary N) is 1. The molecule has 184 valence electrons. The summed E-state index contributed by atoms with van der Waals surface area (Å²) in [7, 11) is 0. The van der Waals surface area contributed by atoms with Crippen LogP contribution in [0.25, 0.3) is 0 Å². The van der Waals surface area contributed by atoms with Crippen LogP contribution in [-0.2, 0) is 16.0 Å². The van der Waals surface area contributed by atoms with Crippen molar-refractivity contribution in [3.8, 4) is 11.5 Å². The van der Waals surface area contributed by atoms with Gasteiger partial charge in [0, 0.05) is 12.0 Å². The molecule has 1 aromatic carbocycles. The van der Waals surface area contributed by atoms with E-state index in [1.165, 1.54) is 18.2 Å². The van der Waals surface area contributed by atoms with Crippen molar-refractivity contribution in [2.45, 2.75) is 50.9 Å². The molecule has 1 N–H and O–H groups in total. The standard InChI is InChI=1S/C23H24Cl2F2N2O5/c24-16-10-29(31)11-17(25)15(16)9-20(33-22(30)18-2-1-7-28-18)14-5-6-19(34-23(26)27)21(8-14)32-12-13-3-4-13/h5-6,8,10-11,13,18,20,23,28H,1-4,7,9,12H2/t18-,20-/m1/s1. The van der Waals surface area contributed by atoms with Gasteiger partial charge in [0.05, 0.1) is 6.61 Å². The van der Waals surface area contributed by atoms with E-state index >= 15 is 0 Å². The average molecular weight is 517 g/mol. The van der Waals surface area contributed by atoms with E-state index in [0.717, 1.165) is 31.7 Å². The third-order valence-corrected chi connectivity index (χ3v) is 6.43. The van der Waals surface area contributed by atoms with Gasteiger partial charge in [-0.25, -0.2) is 0 Å². The van der Waals surface area contributed by atoms with Crippen LogP contribution < -0.4 is 19.5 Å². The lowest BCUT2D eigenvalue weighted by atomic mass is 10.0. The first kappa shape index (κ1) is 24.8. The molecular weight excluding hydrogens is 493 g/mol. The Labute approximate surface area is 205 Å². The summed E-state index contributed by atoms with van der Waals surface area (Å²) in [6.45, 7) is -1.93. The molecule has 0 spiro atoms. The number of ether oxygens (including phenoxy) is 3. The average Bonchev–Trinajstić information content (AvgIpc) is 3.44. The van der Waals surface area contributed by atoms with Crippen LogP contribution in [0.15, 0.2) is 30.6 Å². The molecule has 1 saturated heterocycles. The molecule has 34 heavy (non-hydrogen) atoms. The zero-order valence-corrected chi connectivity index (χ0v) is 19.7. The van der Waals surface area contributed by atoms with Crippen LogP contribution in [0.4, 0.5) is 8.78 Å². The topological polar surface area (TPSA) is 83.7 Å². The first-order valence-electron chi connectivity index (χ1n) is 11.0. The Balaban J connectivity index is 1.65. The van der Waals surface area contributed by atoms with Gasteiger partial charge in [0.1, 0.15) is 22.2 Å². The van der Waals surface area contributed by atoms with Gasteiger partial charge in [-0.15, -0.1) is 0 Å². The zero-order valence-electron chi connectivity index (χ0n) is 18.1. The summed E-state index contributed by atoms with van der Waals surface area (Å²) in [4.78, 5) is 12.8. The number of carbonyl (C=O) groups excluding carboxylic acids is 1. The van der Waals surface area contributed by atoms with Crippen molar-refractivity contribution in [3.63, 3.8) is 0 Å². The van der Waals surface area contributed by atoms with Crippen molar-refractivity contribution < 1.29 is 32.5 Å². The molecule has 1 aliphatic carbocycles. The molecule has 0 amide bonds. The van der Waals surface area contributed by atoms with Crippen molar-refractivity contribution in [1.82, 2.24) is 5.32 Å². The normalized spacial score (nSPS) is 18.7. The maximum atomic E-state index is 12.9. The predicted octanol–water partition coefficient (Wildman–Crippen LogP) is 4.60.